The second-order valence-electron chi connectivity index (χ2n) is 11.0. The molecule has 3 aliphatic heterocycles. The Morgan fingerprint density at radius 2 is 0.955 bits per heavy atom. The Bertz CT molecular complexity index is 1880. The third-order valence-corrected chi connectivity index (χ3v) is 12.0. The minimum atomic E-state index is -0.554. The molecule has 0 unspecified atom stereocenters. The maximum atomic E-state index is 3.91. The quantitative estimate of drug-likeness (QED) is 0.194. The molecule has 5 aromatic carbocycles. The van der Waals surface area contributed by atoms with E-state index in [1.807, 2.05) is 0 Å². The van der Waals surface area contributed by atoms with E-state index in [0.29, 0.717) is 0 Å². The molecule has 0 atom stereocenters. The van der Waals surface area contributed by atoms with Gasteiger partial charge >= 0.3 is 269 Å². The Kier molecular flexibility index (Phi) is 6.77. The van der Waals surface area contributed by atoms with Crippen molar-refractivity contribution in [1.29, 1.82) is 0 Å². The fraction of sp³-hybridized carbons (Fsp3) is 0.0526. The van der Waals surface area contributed by atoms with E-state index in [1.54, 1.807) is 0 Å². The van der Waals surface area contributed by atoms with Gasteiger partial charge in [-0.05, 0) is 0 Å². The molecule has 0 spiro atoms. The van der Waals surface area contributed by atoms with Gasteiger partial charge in [-0.25, -0.2) is 0 Å². The van der Waals surface area contributed by atoms with E-state index >= 15 is 0 Å². The number of fused-ring (bicyclic) bond motifs is 8. The van der Waals surface area contributed by atoms with Crippen LogP contribution in [0.25, 0.3) is 22.3 Å². The first-order valence-electron chi connectivity index (χ1n) is 14.7. The molecule has 0 amide bonds. The van der Waals surface area contributed by atoms with Crippen LogP contribution in [0.5, 0.6) is 0 Å². The van der Waals surface area contributed by atoms with Gasteiger partial charge in [-0.3, -0.25) is 0 Å². The first-order valence-corrected chi connectivity index (χ1v) is 16.9. The standard InChI is InChI=1S/C38H29BN4.Pt/c1-40-22-24-42(28-40)34-18-9-16-32(26-34)39(33-17-10-19-35(27-33)43-25-23-41(2)29-43)38-36(30-12-5-3-6-13-30)20-11-21-37(38)31-14-7-4-8-15-31;/h3-25H,1-2H3;/q-2;. The molecule has 3 aliphatic rings. The Morgan fingerprint density at radius 3 is 1.43 bits per heavy atom. The molecule has 5 aromatic rings. The van der Waals surface area contributed by atoms with E-state index in [9.17, 15) is 0 Å². The summed E-state index contributed by atoms with van der Waals surface area (Å²) in [6.07, 6.45) is 8.67. The van der Waals surface area contributed by atoms with Gasteiger partial charge in [0.25, 0.3) is 0 Å². The number of hydrogen-bond acceptors (Lipinski definition) is 4. The van der Waals surface area contributed by atoms with Crippen molar-refractivity contribution in [2.75, 3.05) is 23.9 Å². The van der Waals surface area contributed by atoms with Gasteiger partial charge in [0, 0.05) is 0 Å². The fourth-order valence-electron chi connectivity index (χ4n) is 6.16. The minimum absolute atomic E-state index is 0.115. The number of nitrogens with zero attached hydrogens (tertiary/aromatic N) is 4. The fourth-order valence-corrected chi connectivity index (χ4v) is 9.18. The number of benzene rings is 5. The number of hydrogen-bond donors (Lipinski definition) is 0. The molecule has 0 N–H and O–H groups in total. The van der Waals surface area contributed by atoms with Crippen LogP contribution in [0.15, 0.2) is 140 Å². The summed E-state index contributed by atoms with van der Waals surface area (Å²) in [5.74, 6) is 0. The predicted octanol–water partition coefficient (Wildman–Crippen LogP) is 4.85. The molecule has 0 aliphatic carbocycles. The summed E-state index contributed by atoms with van der Waals surface area (Å²) in [5.41, 5.74) is 10.4. The Labute approximate surface area is 267 Å². The summed E-state index contributed by atoms with van der Waals surface area (Å²) >= 11 is -0.554. The van der Waals surface area contributed by atoms with Crippen molar-refractivity contribution < 1.29 is 17.6 Å². The van der Waals surface area contributed by atoms with Crippen molar-refractivity contribution in [2.24, 2.45) is 0 Å². The van der Waals surface area contributed by atoms with Crippen LogP contribution in [-0.4, -0.2) is 38.9 Å². The topological polar surface area (TPSA) is 13.0 Å². The molecule has 0 saturated heterocycles. The van der Waals surface area contributed by atoms with Crippen LogP contribution in [0.1, 0.15) is 0 Å². The van der Waals surface area contributed by atoms with E-state index in [4.69, 9.17) is 0 Å². The zero-order valence-electron chi connectivity index (χ0n) is 24.5. The van der Waals surface area contributed by atoms with Gasteiger partial charge < -0.3 is 0 Å². The van der Waals surface area contributed by atoms with Gasteiger partial charge in [-0.1, -0.05) is 0 Å². The molecule has 4 bridgehead atoms. The van der Waals surface area contributed by atoms with Crippen LogP contribution < -0.4 is 26.2 Å². The molecular formula is C38H29BN4Pt-2. The van der Waals surface area contributed by atoms with Crippen molar-refractivity contribution in [3.63, 3.8) is 0 Å². The van der Waals surface area contributed by atoms with Crippen molar-refractivity contribution in [1.82, 2.24) is 9.80 Å². The second kappa shape index (κ2) is 11.1. The summed E-state index contributed by atoms with van der Waals surface area (Å²) in [6, 6.07) is 49.2. The van der Waals surface area contributed by atoms with E-state index in [1.165, 1.54) is 36.0 Å². The monoisotopic (exact) mass is 747 g/mol. The summed E-state index contributed by atoms with van der Waals surface area (Å²) in [4.78, 5) is 9.17. The molecular weight excluding hydrogens is 718 g/mol. The van der Waals surface area contributed by atoms with Crippen LogP contribution in [-0.2, 0) is 17.6 Å². The number of anilines is 2. The van der Waals surface area contributed by atoms with Gasteiger partial charge in [-0.15, -0.1) is 0 Å². The van der Waals surface area contributed by atoms with Crippen molar-refractivity contribution in [3.05, 3.63) is 152 Å². The SMILES string of the molecule is CN1C=CN2[C]1=[Pt]=[C]1N(C)C=CN1c1[c-]c(ccc1)B(c1c(-c3ccccc3)cccc1-c1ccccc1)c1[c-]c2ccc1. The first-order chi connectivity index (χ1) is 21.7. The molecule has 4 nitrogen and oxygen atoms in total. The first kappa shape index (κ1) is 26.9. The van der Waals surface area contributed by atoms with Gasteiger partial charge in [0.05, 0.1) is 0 Å². The normalized spacial score (nSPS) is 15.5. The number of rotatable bonds is 3. The van der Waals surface area contributed by atoms with Crippen molar-refractivity contribution in [2.45, 2.75) is 0 Å². The predicted molar refractivity (Wildman–Crippen MR) is 181 cm³/mol. The Morgan fingerprint density at radius 1 is 0.500 bits per heavy atom. The summed E-state index contributed by atoms with van der Waals surface area (Å²) in [7, 11) is 4.29. The van der Waals surface area contributed by atoms with Crippen LogP contribution in [0.2, 0.25) is 0 Å². The van der Waals surface area contributed by atoms with Crippen molar-refractivity contribution in [3.8, 4) is 22.3 Å². The van der Waals surface area contributed by atoms with Crippen LogP contribution in [0.3, 0.4) is 0 Å². The zero-order valence-corrected chi connectivity index (χ0v) is 26.7. The van der Waals surface area contributed by atoms with Crippen molar-refractivity contribution >= 4 is 42.8 Å². The molecule has 0 saturated carbocycles. The Balaban J connectivity index is 1.46. The molecule has 0 radical (unpaired) electrons. The third kappa shape index (κ3) is 4.60. The van der Waals surface area contributed by atoms with Gasteiger partial charge in [0.1, 0.15) is 0 Å². The van der Waals surface area contributed by atoms with Gasteiger partial charge in [0.15, 0.2) is 0 Å². The molecule has 3 heterocycles. The summed E-state index contributed by atoms with van der Waals surface area (Å²) in [5, 5.41) is 0. The second-order valence-corrected chi connectivity index (χ2v) is 13.6. The Hall–Kier alpha value is -4.73. The molecule has 0 aromatic heterocycles. The van der Waals surface area contributed by atoms with Gasteiger partial charge in [-0.2, -0.15) is 0 Å². The average molecular weight is 748 g/mol. The van der Waals surface area contributed by atoms with Crippen LogP contribution in [0.4, 0.5) is 11.4 Å². The molecule has 216 valence electrons. The average Bonchev–Trinajstić information content (AvgIpc) is 3.63. The van der Waals surface area contributed by atoms with Crippen LogP contribution >= 0.6 is 0 Å². The molecule has 0 fully saturated rings. The maximum absolute atomic E-state index is 3.91. The molecule has 44 heavy (non-hydrogen) atoms. The van der Waals surface area contributed by atoms with E-state index in [-0.39, 0.29) is 6.71 Å². The zero-order chi connectivity index (χ0) is 29.6. The third-order valence-electron chi connectivity index (χ3n) is 8.24. The van der Waals surface area contributed by atoms with E-state index < -0.39 is 17.6 Å². The summed E-state index contributed by atoms with van der Waals surface area (Å²) in [6.45, 7) is -0.115. The van der Waals surface area contributed by atoms with E-state index in [0.717, 1.165) is 22.3 Å². The molecule has 8 rings (SSSR count). The summed E-state index contributed by atoms with van der Waals surface area (Å²) < 4.78 is 2.58. The van der Waals surface area contributed by atoms with E-state index in [2.05, 4.69) is 186 Å². The molecule has 6 heteroatoms. The van der Waals surface area contributed by atoms with Crippen LogP contribution in [0, 0.1) is 12.1 Å². The van der Waals surface area contributed by atoms with Gasteiger partial charge in [0.2, 0.25) is 0 Å².